The Morgan fingerprint density at radius 1 is 1.29 bits per heavy atom. The van der Waals surface area contributed by atoms with E-state index in [2.05, 4.69) is 4.98 Å². The Labute approximate surface area is 159 Å². The number of nitrogens with zero attached hydrogens (tertiary/aromatic N) is 3. The number of imidazole rings is 1. The summed E-state index contributed by atoms with van der Waals surface area (Å²) < 4.78 is 41.2. The molecule has 1 N–H and O–H groups in total. The van der Waals surface area contributed by atoms with Gasteiger partial charge in [0.2, 0.25) is 5.82 Å². The number of benzene rings is 1. The first-order valence-corrected chi connectivity index (χ1v) is 9.13. The van der Waals surface area contributed by atoms with E-state index in [1.165, 1.54) is 30.0 Å². The van der Waals surface area contributed by atoms with Gasteiger partial charge in [-0.2, -0.15) is 13.2 Å². The molecule has 1 heterocycles. The third kappa shape index (κ3) is 3.83. The molecule has 0 spiro atoms. The Morgan fingerprint density at radius 2 is 1.93 bits per heavy atom. The Bertz CT molecular complexity index is 916. The second kappa shape index (κ2) is 7.10. The van der Waals surface area contributed by atoms with Gasteiger partial charge in [-0.25, -0.2) is 4.98 Å². The summed E-state index contributed by atoms with van der Waals surface area (Å²) in [5, 5.41) is 9.13. The van der Waals surface area contributed by atoms with Gasteiger partial charge in [-0.15, -0.1) is 0 Å². The number of carbonyl (C=O) groups excluding carboxylic acids is 1. The zero-order valence-corrected chi connectivity index (χ0v) is 15.8. The summed E-state index contributed by atoms with van der Waals surface area (Å²) >= 11 is 0. The summed E-state index contributed by atoms with van der Waals surface area (Å²) in [5.74, 6) is -3.12. The van der Waals surface area contributed by atoms with Gasteiger partial charge in [-0.1, -0.05) is 6.92 Å². The van der Waals surface area contributed by atoms with Crippen LogP contribution in [0, 0.1) is 5.92 Å². The number of aliphatic carboxylic acids is 1. The summed E-state index contributed by atoms with van der Waals surface area (Å²) in [4.78, 5) is 29.3. The second-order valence-electron chi connectivity index (χ2n) is 7.53. The maximum absolute atomic E-state index is 13.4. The first-order chi connectivity index (χ1) is 13.0. The summed E-state index contributed by atoms with van der Waals surface area (Å²) in [5.41, 5.74) is 0.601. The van der Waals surface area contributed by atoms with Crippen LogP contribution in [0.5, 0.6) is 0 Å². The van der Waals surface area contributed by atoms with Crippen LogP contribution in [0.1, 0.15) is 55.8 Å². The van der Waals surface area contributed by atoms with Crippen molar-refractivity contribution in [3.63, 3.8) is 0 Å². The molecule has 6 nitrogen and oxygen atoms in total. The number of carboxylic acids is 1. The van der Waals surface area contributed by atoms with Crippen LogP contribution < -0.4 is 0 Å². The van der Waals surface area contributed by atoms with Crippen LogP contribution >= 0.6 is 0 Å². The van der Waals surface area contributed by atoms with Crippen molar-refractivity contribution in [3.8, 4) is 0 Å². The lowest BCUT2D eigenvalue weighted by atomic mass is 10.1. The van der Waals surface area contributed by atoms with Crippen molar-refractivity contribution < 1.29 is 27.9 Å². The molecule has 1 aliphatic carbocycles. The molecule has 152 valence electrons. The van der Waals surface area contributed by atoms with Crippen LogP contribution in [0.2, 0.25) is 0 Å². The van der Waals surface area contributed by atoms with E-state index in [9.17, 15) is 22.8 Å². The molecular weight excluding hydrogens is 375 g/mol. The number of carbonyl (C=O) groups is 2. The van der Waals surface area contributed by atoms with Gasteiger partial charge >= 0.3 is 12.1 Å². The molecule has 1 aromatic carbocycles. The second-order valence-corrected chi connectivity index (χ2v) is 7.53. The molecule has 0 saturated heterocycles. The molecule has 0 aliphatic heterocycles. The molecule has 1 atom stereocenters. The Hall–Kier alpha value is -2.58. The molecule has 1 aromatic heterocycles. The van der Waals surface area contributed by atoms with Gasteiger partial charge in [0, 0.05) is 24.2 Å². The number of halogens is 3. The molecule has 1 unspecified atom stereocenters. The van der Waals surface area contributed by atoms with E-state index in [-0.39, 0.29) is 29.6 Å². The lowest BCUT2D eigenvalue weighted by Gasteiger charge is -2.24. The predicted molar refractivity (Wildman–Crippen MR) is 96.0 cm³/mol. The molecule has 0 bridgehead atoms. The molecule has 2 aromatic rings. The zero-order valence-electron chi connectivity index (χ0n) is 15.8. The summed E-state index contributed by atoms with van der Waals surface area (Å²) in [7, 11) is 0. The highest BCUT2D eigenvalue weighted by atomic mass is 19.4. The Morgan fingerprint density at radius 3 is 2.43 bits per heavy atom. The molecule has 1 saturated carbocycles. The number of alkyl halides is 3. The Kier molecular flexibility index (Phi) is 5.12. The largest absolute Gasteiger partial charge is 0.481 e. The molecular formula is C19H22F3N3O3. The van der Waals surface area contributed by atoms with Gasteiger partial charge in [0.1, 0.15) is 0 Å². The number of fused-ring (bicyclic) bond motifs is 1. The van der Waals surface area contributed by atoms with Crippen molar-refractivity contribution in [2.75, 3.05) is 6.54 Å². The third-order valence-corrected chi connectivity index (χ3v) is 4.85. The highest BCUT2D eigenvalue weighted by Gasteiger charge is 2.39. The number of hydrogen-bond donors (Lipinski definition) is 1. The monoisotopic (exact) mass is 397 g/mol. The fraction of sp³-hybridized carbons (Fsp3) is 0.526. The van der Waals surface area contributed by atoms with Crippen molar-refractivity contribution in [1.82, 2.24) is 14.5 Å². The number of aromatic nitrogens is 2. The molecule has 28 heavy (non-hydrogen) atoms. The van der Waals surface area contributed by atoms with Gasteiger partial charge < -0.3 is 14.6 Å². The highest BCUT2D eigenvalue weighted by Crippen LogP contribution is 2.34. The number of amides is 1. The maximum atomic E-state index is 13.4. The summed E-state index contributed by atoms with van der Waals surface area (Å²) in [6.45, 7) is 4.86. The average molecular weight is 397 g/mol. The summed E-state index contributed by atoms with van der Waals surface area (Å²) in [6, 6.07) is 3.82. The van der Waals surface area contributed by atoms with E-state index in [0.717, 1.165) is 17.4 Å². The molecule has 1 fully saturated rings. The van der Waals surface area contributed by atoms with Crippen molar-refractivity contribution in [3.05, 3.63) is 29.6 Å². The van der Waals surface area contributed by atoms with Crippen molar-refractivity contribution in [2.24, 2.45) is 5.92 Å². The lowest BCUT2D eigenvalue weighted by molar-refractivity contribution is -0.147. The maximum Gasteiger partial charge on any atom is 0.449 e. The van der Waals surface area contributed by atoms with E-state index in [4.69, 9.17) is 5.11 Å². The van der Waals surface area contributed by atoms with Crippen LogP contribution in [0.25, 0.3) is 11.0 Å². The number of hydrogen-bond acceptors (Lipinski definition) is 3. The highest BCUT2D eigenvalue weighted by molar-refractivity contribution is 5.98. The number of rotatable bonds is 6. The molecule has 9 heteroatoms. The standard InChI is InChI=1S/C19H22F3N3O3/c1-10(2)25-15-7-4-12(8-14(15)23-18(25)19(20,21)22)16(26)24(13-5-6-13)9-11(3)17(27)28/h4,7-8,10-11,13H,5-6,9H2,1-3H3,(H,27,28). The van der Waals surface area contributed by atoms with Crippen LogP contribution in [0.3, 0.4) is 0 Å². The molecule has 3 rings (SSSR count). The summed E-state index contributed by atoms with van der Waals surface area (Å²) in [6.07, 6.45) is -3.02. The van der Waals surface area contributed by atoms with E-state index in [1.54, 1.807) is 13.8 Å². The van der Waals surface area contributed by atoms with Crippen LogP contribution in [-0.4, -0.2) is 44.0 Å². The average Bonchev–Trinajstić information content (AvgIpc) is 3.35. The molecule has 1 amide bonds. The fourth-order valence-corrected chi connectivity index (χ4v) is 3.28. The van der Waals surface area contributed by atoms with Crippen LogP contribution in [-0.2, 0) is 11.0 Å². The van der Waals surface area contributed by atoms with Crippen LogP contribution in [0.15, 0.2) is 18.2 Å². The zero-order chi connectivity index (χ0) is 20.8. The van der Waals surface area contributed by atoms with Crippen molar-refractivity contribution >= 4 is 22.9 Å². The minimum Gasteiger partial charge on any atom is -0.481 e. The van der Waals surface area contributed by atoms with E-state index >= 15 is 0 Å². The van der Waals surface area contributed by atoms with Crippen LogP contribution in [0.4, 0.5) is 13.2 Å². The smallest absolute Gasteiger partial charge is 0.449 e. The Balaban J connectivity index is 1.99. The number of carboxylic acid groups (broad SMARTS) is 1. The van der Waals surface area contributed by atoms with E-state index in [0.29, 0.717) is 5.52 Å². The van der Waals surface area contributed by atoms with Gasteiger partial charge in [-0.05, 0) is 44.9 Å². The lowest BCUT2D eigenvalue weighted by Crippen LogP contribution is -2.38. The SMILES string of the molecule is CC(CN(C(=O)c1ccc2c(c1)nc(C(F)(F)F)n2C(C)C)C1CC1)C(=O)O. The minimum atomic E-state index is -4.61. The molecule has 1 aliphatic rings. The first-order valence-electron chi connectivity index (χ1n) is 9.13. The van der Waals surface area contributed by atoms with Gasteiger partial charge in [0.05, 0.1) is 17.0 Å². The van der Waals surface area contributed by atoms with Crippen molar-refractivity contribution in [1.29, 1.82) is 0 Å². The quantitative estimate of drug-likeness (QED) is 0.801. The first kappa shape index (κ1) is 20.2. The van der Waals surface area contributed by atoms with Gasteiger partial charge in [-0.3, -0.25) is 9.59 Å². The van der Waals surface area contributed by atoms with Gasteiger partial charge in [0.25, 0.3) is 5.91 Å². The predicted octanol–water partition coefficient (Wildman–Crippen LogP) is 3.96. The third-order valence-electron chi connectivity index (χ3n) is 4.85. The van der Waals surface area contributed by atoms with E-state index in [1.807, 2.05) is 0 Å². The van der Waals surface area contributed by atoms with E-state index < -0.39 is 29.9 Å². The minimum absolute atomic E-state index is 0.0241. The topological polar surface area (TPSA) is 75.4 Å². The normalized spacial score (nSPS) is 15.8. The van der Waals surface area contributed by atoms with Gasteiger partial charge in [0.15, 0.2) is 0 Å². The molecule has 0 radical (unpaired) electrons. The van der Waals surface area contributed by atoms with Crippen molar-refractivity contribution in [2.45, 2.75) is 51.9 Å². The fourth-order valence-electron chi connectivity index (χ4n) is 3.28.